The van der Waals surface area contributed by atoms with E-state index in [9.17, 15) is 4.79 Å². The van der Waals surface area contributed by atoms with Crippen LogP contribution < -0.4 is 19.5 Å². The Hall–Kier alpha value is -1.95. The second-order valence-corrected chi connectivity index (χ2v) is 6.32. The van der Waals surface area contributed by atoms with Crippen molar-refractivity contribution in [2.24, 2.45) is 5.41 Å². The molecular formula is C17H24N2O4. The summed E-state index contributed by atoms with van der Waals surface area (Å²) in [5, 5.41) is 3.41. The molecule has 0 saturated carbocycles. The van der Waals surface area contributed by atoms with E-state index in [1.165, 1.54) is 0 Å². The van der Waals surface area contributed by atoms with Crippen molar-refractivity contribution in [3.8, 4) is 17.2 Å². The maximum atomic E-state index is 12.9. The van der Waals surface area contributed by atoms with Crippen molar-refractivity contribution < 1.29 is 19.0 Å². The van der Waals surface area contributed by atoms with E-state index in [1.54, 1.807) is 33.5 Å². The summed E-state index contributed by atoms with van der Waals surface area (Å²) in [4.78, 5) is 14.8. The van der Waals surface area contributed by atoms with Crippen molar-refractivity contribution in [1.82, 2.24) is 10.2 Å². The average Bonchev–Trinajstić information content (AvgIpc) is 3.23. The number of benzene rings is 1. The Morgan fingerprint density at radius 1 is 1.13 bits per heavy atom. The molecule has 2 heterocycles. The molecule has 2 saturated heterocycles. The number of ether oxygens (including phenoxy) is 3. The van der Waals surface area contributed by atoms with Gasteiger partial charge in [0.1, 0.15) is 0 Å². The molecule has 126 valence electrons. The lowest BCUT2D eigenvalue weighted by atomic mass is 9.86. The largest absolute Gasteiger partial charge is 0.493 e. The molecule has 1 N–H and O–H groups in total. The van der Waals surface area contributed by atoms with Crippen molar-refractivity contribution in [3.05, 3.63) is 17.7 Å². The highest BCUT2D eigenvalue weighted by Crippen LogP contribution is 2.40. The number of likely N-dealkylation sites (tertiary alicyclic amines) is 1. The summed E-state index contributed by atoms with van der Waals surface area (Å²) in [5.74, 6) is 1.54. The molecule has 6 nitrogen and oxygen atoms in total. The van der Waals surface area contributed by atoms with E-state index >= 15 is 0 Å². The highest BCUT2D eigenvalue weighted by molar-refractivity contribution is 5.96. The fourth-order valence-electron chi connectivity index (χ4n) is 3.64. The smallest absolute Gasteiger partial charge is 0.254 e. The number of methoxy groups -OCH3 is 3. The van der Waals surface area contributed by atoms with Crippen LogP contribution in [0.25, 0.3) is 0 Å². The number of rotatable bonds is 4. The molecule has 0 bridgehead atoms. The molecule has 1 spiro atoms. The van der Waals surface area contributed by atoms with E-state index in [2.05, 4.69) is 5.32 Å². The first-order chi connectivity index (χ1) is 11.1. The quantitative estimate of drug-likeness (QED) is 0.912. The molecule has 3 rings (SSSR count). The lowest BCUT2D eigenvalue weighted by Crippen LogP contribution is -2.33. The van der Waals surface area contributed by atoms with Gasteiger partial charge >= 0.3 is 0 Å². The van der Waals surface area contributed by atoms with Crippen LogP contribution in [0.15, 0.2) is 12.1 Å². The van der Waals surface area contributed by atoms with Crippen LogP contribution in [0, 0.1) is 5.41 Å². The minimum absolute atomic E-state index is 0.0213. The van der Waals surface area contributed by atoms with Gasteiger partial charge in [-0.15, -0.1) is 0 Å². The summed E-state index contributed by atoms with van der Waals surface area (Å²) in [7, 11) is 4.67. The Balaban J connectivity index is 1.85. The second kappa shape index (κ2) is 6.28. The fraction of sp³-hybridized carbons (Fsp3) is 0.588. The van der Waals surface area contributed by atoms with Gasteiger partial charge in [0.05, 0.1) is 21.3 Å². The van der Waals surface area contributed by atoms with Crippen LogP contribution in [-0.4, -0.2) is 58.3 Å². The molecule has 2 fully saturated rings. The number of amides is 1. The number of carbonyl (C=O) groups is 1. The highest BCUT2D eigenvalue weighted by atomic mass is 16.5. The van der Waals surface area contributed by atoms with Crippen molar-refractivity contribution in [3.63, 3.8) is 0 Å². The van der Waals surface area contributed by atoms with Crippen LogP contribution in [-0.2, 0) is 0 Å². The molecule has 1 aromatic carbocycles. The molecule has 0 aromatic heterocycles. The van der Waals surface area contributed by atoms with Gasteiger partial charge in [0.15, 0.2) is 11.5 Å². The van der Waals surface area contributed by atoms with E-state index in [1.807, 2.05) is 4.90 Å². The molecule has 1 aromatic rings. The maximum absolute atomic E-state index is 12.9. The van der Waals surface area contributed by atoms with Gasteiger partial charge in [0.2, 0.25) is 5.75 Å². The van der Waals surface area contributed by atoms with Gasteiger partial charge in [-0.3, -0.25) is 4.79 Å². The number of nitrogens with one attached hydrogen (secondary N) is 1. The zero-order chi connectivity index (χ0) is 16.4. The standard InChI is InChI=1S/C17H24N2O4/c1-21-13-8-12(9-14(22-2)15(13)23-3)16(20)19-7-5-17(11-19)4-6-18-10-17/h8-9,18H,4-7,10-11H2,1-3H3. The van der Waals surface area contributed by atoms with Gasteiger partial charge in [0.25, 0.3) is 5.91 Å². The molecule has 1 atom stereocenters. The molecule has 2 aliphatic heterocycles. The first kappa shape index (κ1) is 15.9. The number of hydrogen-bond acceptors (Lipinski definition) is 5. The summed E-state index contributed by atoms with van der Waals surface area (Å²) < 4.78 is 16.0. The lowest BCUT2D eigenvalue weighted by molar-refractivity contribution is 0.0775. The Morgan fingerprint density at radius 3 is 2.35 bits per heavy atom. The third-order valence-corrected chi connectivity index (χ3v) is 4.97. The van der Waals surface area contributed by atoms with E-state index in [0.29, 0.717) is 22.8 Å². The molecular weight excluding hydrogens is 296 g/mol. The summed E-state index contributed by atoms with van der Waals surface area (Å²) in [6.07, 6.45) is 2.21. The monoisotopic (exact) mass is 320 g/mol. The van der Waals surface area contributed by atoms with Gasteiger partial charge < -0.3 is 24.4 Å². The molecule has 6 heteroatoms. The Kier molecular flexibility index (Phi) is 4.35. The Morgan fingerprint density at radius 2 is 1.83 bits per heavy atom. The maximum Gasteiger partial charge on any atom is 0.254 e. The normalized spacial score (nSPS) is 23.3. The molecule has 0 radical (unpaired) electrons. The summed E-state index contributed by atoms with van der Waals surface area (Å²) in [6, 6.07) is 3.45. The molecule has 1 amide bonds. The van der Waals surface area contributed by atoms with Crippen LogP contribution in [0.1, 0.15) is 23.2 Å². The highest BCUT2D eigenvalue weighted by Gasteiger charge is 2.42. The van der Waals surface area contributed by atoms with Crippen molar-refractivity contribution in [2.45, 2.75) is 12.8 Å². The summed E-state index contributed by atoms with van der Waals surface area (Å²) in [6.45, 7) is 3.67. The minimum Gasteiger partial charge on any atom is -0.493 e. The van der Waals surface area contributed by atoms with E-state index in [4.69, 9.17) is 14.2 Å². The van der Waals surface area contributed by atoms with Gasteiger partial charge in [-0.1, -0.05) is 0 Å². The van der Waals surface area contributed by atoms with Crippen LogP contribution in [0.2, 0.25) is 0 Å². The lowest BCUT2D eigenvalue weighted by Gasteiger charge is -2.23. The van der Waals surface area contributed by atoms with E-state index < -0.39 is 0 Å². The molecule has 2 aliphatic rings. The molecule has 1 unspecified atom stereocenters. The van der Waals surface area contributed by atoms with Gasteiger partial charge in [0, 0.05) is 30.6 Å². The van der Waals surface area contributed by atoms with Gasteiger partial charge in [-0.2, -0.15) is 0 Å². The average molecular weight is 320 g/mol. The molecule has 0 aliphatic carbocycles. The van der Waals surface area contributed by atoms with Gasteiger partial charge in [-0.05, 0) is 31.5 Å². The fourth-order valence-corrected chi connectivity index (χ4v) is 3.64. The Bertz CT molecular complexity index is 571. The predicted molar refractivity (Wildman–Crippen MR) is 86.5 cm³/mol. The first-order valence-electron chi connectivity index (χ1n) is 7.92. The van der Waals surface area contributed by atoms with Crippen molar-refractivity contribution in [1.29, 1.82) is 0 Å². The molecule has 23 heavy (non-hydrogen) atoms. The van der Waals surface area contributed by atoms with Crippen LogP contribution in [0.5, 0.6) is 17.2 Å². The Labute approximate surface area is 136 Å². The second-order valence-electron chi connectivity index (χ2n) is 6.32. The van der Waals surface area contributed by atoms with Crippen molar-refractivity contribution in [2.75, 3.05) is 47.5 Å². The number of hydrogen-bond donors (Lipinski definition) is 1. The summed E-state index contributed by atoms with van der Waals surface area (Å²) >= 11 is 0. The topological polar surface area (TPSA) is 60.0 Å². The predicted octanol–water partition coefficient (Wildman–Crippen LogP) is 1.54. The van der Waals surface area contributed by atoms with E-state index in [0.717, 1.165) is 39.0 Å². The minimum atomic E-state index is 0.0213. The first-order valence-corrected chi connectivity index (χ1v) is 7.92. The van der Waals surface area contributed by atoms with Gasteiger partial charge in [-0.25, -0.2) is 0 Å². The van der Waals surface area contributed by atoms with E-state index in [-0.39, 0.29) is 11.3 Å². The number of nitrogens with zero attached hydrogens (tertiary/aromatic N) is 1. The van der Waals surface area contributed by atoms with Crippen LogP contribution in [0.3, 0.4) is 0 Å². The zero-order valence-corrected chi connectivity index (χ0v) is 14.0. The summed E-state index contributed by atoms with van der Waals surface area (Å²) in [5.41, 5.74) is 0.832. The SMILES string of the molecule is COc1cc(C(=O)N2CCC3(CCNC3)C2)cc(OC)c1OC. The third-order valence-electron chi connectivity index (χ3n) is 4.97. The third kappa shape index (κ3) is 2.83. The van der Waals surface area contributed by atoms with Crippen LogP contribution in [0.4, 0.5) is 0 Å². The van der Waals surface area contributed by atoms with Crippen molar-refractivity contribution >= 4 is 5.91 Å². The number of carbonyl (C=O) groups excluding carboxylic acids is 1. The van der Waals surface area contributed by atoms with Crippen LogP contribution >= 0.6 is 0 Å². The zero-order valence-electron chi connectivity index (χ0n) is 14.0.